The van der Waals surface area contributed by atoms with Crippen molar-refractivity contribution in [1.82, 2.24) is 0 Å². The van der Waals surface area contributed by atoms with E-state index >= 15 is 0 Å². The van der Waals surface area contributed by atoms with Gasteiger partial charge < -0.3 is 23.1 Å². The smallest absolute Gasteiger partial charge is 0.192 e. The molecular formula is C27H44O5Si. The van der Waals surface area contributed by atoms with Crippen LogP contribution in [0.15, 0.2) is 23.0 Å². The number of furan rings is 1. The Labute approximate surface area is 201 Å². The normalized spacial score (nSPS) is 35.4. The fourth-order valence-corrected chi connectivity index (χ4v) is 8.22. The van der Waals surface area contributed by atoms with Crippen LogP contribution in [0.25, 0.3) is 0 Å². The molecule has 0 unspecified atom stereocenters. The van der Waals surface area contributed by atoms with E-state index in [0.29, 0.717) is 19.1 Å². The standard InChI is InChI=1S/C27H44O5Si/c1-24(2,3)33(6,7)32-22(20-11-14-29-19-20)17-25(4)21(18-28)10-13-26(5)23(25)9-8-12-27(26)30-15-16-31-27/h11,14,18-19,21-23H,8-10,12-13,15-17H2,1-7H3/t21-,22-,23-,25+,26-/m1/s1. The van der Waals surface area contributed by atoms with E-state index in [-0.39, 0.29) is 27.9 Å². The highest BCUT2D eigenvalue weighted by Crippen LogP contribution is 2.66. The maximum atomic E-state index is 12.5. The molecule has 0 radical (unpaired) electrons. The molecule has 6 heteroatoms. The van der Waals surface area contributed by atoms with Gasteiger partial charge >= 0.3 is 0 Å². The van der Waals surface area contributed by atoms with Gasteiger partial charge in [0, 0.05) is 23.3 Å². The van der Waals surface area contributed by atoms with Crippen LogP contribution in [0, 0.1) is 22.7 Å². The zero-order valence-corrected chi connectivity index (χ0v) is 22.7. The molecule has 0 aromatic carbocycles. The average molecular weight is 477 g/mol. The van der Waals surface area contributed by atoms with Crippen molar-refractivity contribution in [2.45, 2.75) is 103 Å². The summed E-state index contributed by atoms with van der Waals surface area (Å²) in [5.74, 6) is -0.168. The summed E-state index contributed by atoms with van der Waals surface area (Å²) >= 11 is 0. The number of hydrogen-bond acceptors (Lipinski definition) is 5. The van der Waals surface area contributed by atoms with Gasteiger partial charge in [-0.3, -0.25) is 0 Å². The van der Waals surface area contributed by atoms with Gasteiger partial charge in [0.05, 0.1) is 31.8 Å². The van der Waals surface area contributed by atoms with Crippen LogP contribution in [0.2, 0.25) is 18.1 Å². The molecule has 0 bridgehead atoms. The Balaban J connectivity index is 1.72. The third-order valence-electron chi connectivity index (χ3n) is 9.96. The number of hydrogen-bond donors (Lipinski definition) is 0. The highest BCUT2D eigenvalue weighted by molar-refractivity contribution is 6.74. The molecule has 5 atom stereocenters. The van der Waals surface area contributed by atoms with Crippen LogP contribution in [0.3, 0.4) is 0 Å². The number of aldehydes is 1. The molecule has 3 aliphatic rings. The van der Waals surface area contributed by atoms with Gasteiger partial charge in [0.15, 0.2) is 14.1 Å². The van der Waals surface area contributed by atoms with Crippen LogP contribution in [0.4, 0.5) is 0 Å². The Morgan fingerprint density at radius 3 is 2.45 bits per heavy atom. The second kappa shape index (κ2) is 8.61. The molecule has 0 N–H and O–H groups in total. The molecule has 33 heavy (non-hydrogen) atoms. The minimum absolute atomic E-state index is 0.00421. The molecule has 186 valence electrons. The zero-order valence-electron chi connectivity index (χ0n) is 21.7. The van der Waals surface area contributed by atoms with Gasteiger partial charge in [-0.1, -0.05) is 34.6 Å². The van der Waals surface area contributed by atoms with Gasteiger partial charge in [-0.2, -0.15) is 0 Å². The summed E-state index contributed by atoms with van der Waals surface area (Å²) in [6.07, 6.45) is 10.5. The first kappa shape index (κ1) is 25.1. The summed E-state index contributed by atoms with van der Waals surface area (Å²) in [7, 11) is -2.05. The first-order valence-corrected chi connectivity index (χ1v) is 15.7. The Hall–Kier alpha value is -0.953. The molecule has 2 aliphatic carbocycles. The minimum Gasteiger partial charge on any atom is -0.472 e. The Bertz CT molecular complexity index is 822. The van der Waals surface area contributed by atoms with Gasteiger partial charge in [0.2, 0.25) is 0 Å². The van der Waals surface area contributed by atoms with Crippen LogP contribution < -0.4 is 0 Å². The summed E-state index contributed by atoms with van der Waals surface area (Å²) in [5, 5.41) is 0.0987. The molecule has 2 saturated carbocycles. The summed E-state index contributed by atoms with van der Waals surface area (Å²) in [5.41, 5.74) is 0.771. The van der Waals surface area contributed by atoms with Gasteiger partial charge in [-0.05, 0) is 67.6 Å². The Kier molecular flexibility index (Phi) is 6.56. The molecule has 0 amide bonds. The summed E-state index contributed by atoms with van der Waals surface area (Å²) in [6.45, 7) is 17.5. The van der Waals surface area contributed by atoms with Crippen molar-refractivity contribution in [3.8, 4) is 0 Å². The zero-order chi connectivity index (χ0) is 24.1. The summed E-state index contributed by atoms with van der Waals surface area (Å²) in [4.78, 5) is 12.5. The van der Waals surface area contributed by atoms with Crippen molar-refractivity contribution < 1.29 is 23.1 Å². The lowest BCUT2D eigenvalue weighted by Crippen LogP contribution is -2.62. The van der Waals surface area contributed by atoms with E-state index < -0.39 is 14.1 Å². The van der Waals surface area contributed by atoms with Gasteiger partial charge in [0.1, 0.15) is 6.29 Å². The maximum absolute atomic E-state index is 12.5. The van der Waals surface area contributed by atoms with Gasteiger partial charge in [-0.25, -0.2) is 0 Å². The van der Waals surface area contributed by atoms with Gasteiger partial charge in [0.25, 0.3) is 0 Å². The second-order valence-corrected chi connectivity index (χ2v) is 17.5. The third-order valence-corrected chi connectivity index (χ3v) is 14.4. The van der Waals surface area contributed by atoms with Crippen LogP contribution in [0.5, 0.6) is 0 Å². The molecule has 1 aromatic rings. The molecule has 1 spiro atoms. The first-order chi connectivity index (χ1) is 15.4. The van der Waals surface area contributed by atoms with Crippen LogP contribution >= 0.6 is 0 Å². The lowest BCUT2D eigenvalue weighted by molar-refractivity contribution is -0.297. The second-order valence-electron chi connectivity index (χ2n) is 12.7. The maximum Gasteiger partial charge on any atom is 0.192 e. The van der Waals surface area contributed by atoms with Crippen molar-refractivity contribution in [1.29, 1.82) is 0 Å². The lowest BCUT2D eigenvalue weighted by Gasteiger charge is -2.63. The number of fused-ring (bicyclic) bond motifs is 2. The molecule has 1 saturated heterocycles. The molecule has 5 nitrogen and oxygen atoms in total. The van der Waals surface area contributed by atoms with Crippen molar-refractivity contribution in [3.63, 3.8) is 0 Å². The number of rotatable bonds is 6. The highest BCUT2D eigenvalue weighted by Gasteiger charge is 2.65. The van der Waals surface area contributed by atoms with E-state index in [1.807, 2.05) is 12.3 Å². The monoisotopic (exact) mass is 476 g/mol. The Morgan fingerprint density at radius 2 is 1.88 bits per heavy atom. The SMILES string of the molecule is CC(C)(C)[Si](C)(C)O[C@H](C[C@]1(C)[C@H]2CCCC3(OCCO3)[C@]2(C)CC[C@@H]1C=O)c1ccoc1. The highest BCUT2D eigenvalue weighted by atomic mass is 28.4. The molecule has 3 fully saturated rings. The molecule has 2 heterocycles. The lowest BCUT2D eigenvalue weighted by atomic mass is 9.45. The molecular weight excluding hydrogens is 432 g/mol. The van der Waals surface area contributed by atoms with Crippen molar-refractivity contribution in [2.75, 3.05) is 13.2 Å². The van der Waals surface area contributed by atoms with Crippen LogP contribution in [0.1, 0.15) is 84.8 Å². The number of carbonyl (C=O) groups is 1. The predicted molar refractivity (Wildman–Crippen MR) is 131 cm³/mol. The molecule has 1 aromatic heterocycles. The predicted octanol–water partition coefficient (Wildman–Crippen LogP) is 6.90. The number of ether oxygens (including phenoxy) is 2. The topological polar surface area (TPSA) is 57.9 Å². The van der Waals surface area contributed by atoms with Crippen molar-refractivity contribution in [3.05, 3.63) is 24.2 Å². The van der Waals surface area contributed by atoms with E-state index in [1.165, 1.54) is 6.29 Å². The summed E-state index contributed by atoms with van der Waals surface area (Å²) in [6, 6.07) is 2.03. The average Bonchev–Trinajstić information content (AvgIpc) is 3.42. The van der Waals surface area contributed by atoms with Crippen molar-refractivity contribution in [2.24, 2.45) is 22.7 Å². The van der Waals surface area contributed by atoms with E-state index in [4.69, 9.17) is 18.3 Å². The third kappa shape index (κ3) is 4.09. The van der Waals surface area contributed by atoms with E-state index in [1.54, 1.807) is 6.26 Å². The van der Waals surface area contributed by atoms with Crippen LogP contribution in [-0.2, 0) is 18.7 Å². The molecule has 4 rings (SSSR count). The summed E-state index contributed by atoms with van der Waals surface area (Å²) < 4.78 is 25.3. The number of carbonyl (C=O) groups excluding carboxylic acids is 1. The van der Waals surface area contributed by atoms with Crippen molar-refractivity contribution >= 4 is 14.6 Å². The van der Waals surface area contributed by atoms with E-state index in [2.05, 4.69) is 47.7 Å². The van der Waals surface area contributed by atoms with E-state index in [9.17, 15) is 4.79 Å². The van der Waals surface area contributed by atoms with Gasteiger partial charge in [-0.15, -0.1) is 0 Å². The molecule has 1 aliphatic heterocycles. The van der Waals surface area contributed by atoms with Crippen LogP contribution in [-0.4, -0.2) is 33.6 Å². The minimum atomic E-state index is -2.05. The Morgan fingerprint density at radius 1 is 1.18 bits per heavy atom. The fourth-order valence-electron chi connectivity index (χ4n) is 6.94. The first-order valence-electron chi connectivity index (χ1n) is 12.8. The fraction of sp³-hybridized carbons (Fsp3) is 0.815. The van der Waals surface area contributed by atoms with E-state index in [0.717, 1.165) is 44.1 Å². The largest absolute Gasteiger partial charge is 0.472 e. The quantitative estimate of drug-likeness (QED) is 0.330.